The molecule has 0 bridgehead atoms. The molecule has 4 heteroatoms. The van der Waals surface area contributed by atoms with Crippen LogP contribution in [0.4, 0.5) is 0 Å². The number of halogens is 1. The van der Waals surface area contributed by atoms with Crippen LogP contribution in [-0.2, 0) is 5.75 Å². The van der Waals surface area contributed by atoms with Crippen LogP contribution in [-0.4, -0.2) is 5.84 Å². The molecule has 2 aromatic carbocycles. The molecular formula is C15H15BrN2S. The van der Waals surface area contributed by atoms with Gasteiger partial charge in [0, 0.05) is 20.7 Å². The van der Waals surface area contributed by atoms with Crippen molar-refractivity contribution in [1.82, 2.24) is 0 Å². The Balaban J connectivity index is 2.23. The van der Waals surface area contributed by atoms with Gasteiger partial charge in [-0.2, -0.15) is 0 Å². The lowest BCUT2D eigenvalue weighted by atomic mass is 10.1. The van der Waals surface area contributed by atoms with Gasteiger partial charge in [-0.05, 0) is 46.1 Å². The van der Waals surface area contributed by atoms with Gasteiger partial charge in [0.25, 0.3) is 0 Å². The summed E-state index contributed by atoms with van der Waals surface area (Å²) in [5, 5.41) is 7.68. The van der Waals surface area contributed by atoms with Crippen LogP contribution in [0.1, 0.15) is 16.7 Å². The van der Waals surface area contributed by atoms with Crippen molar-refractivity contribution in [3.63, 3.8) is 0 Å². The normalized spacial score (nSPS) is 10.4. The maximum Gasteiger partial charge on any atom is 0.125 e. The van der Waals surface area contributed by atoms with Crippen LogP contribution in [0, 0.1) is 12.3 Å². The Labute approximate surface area is 126 Å². The monoisotopic (exact) mass is 334 g/mol. The zero-order chi connectivity index (χ0) is 13.8. The van der Waals surface area contributed by atoms with Gasteiger partial charge in [0.15, 0.2) is 0 Å². The highest BCUT2D eigenvalue weighted by molar-refractivity contribution is 9.10. The fourth-order valence-corrected chi connectivity index (χ4v) is 3.70. The highest BCUT2D eigenvalue weighted by atomic mass is 79.9. The van der Waals surface area contributed by atoms with Gasteiger partial charge < -0.3 is 5.73 Å². The third kappa shape index (κ3) is 3.39. The number of hydrogen-bond acceptors (Lipinski definition) is 2. The average Bonchev–Trinajstić information content (AvgIpc) is 2.37. The molecule has 98 valence electrons. The van der Waals surface area contributed by atoms with Gasteiger partial charge in [0.1, 0.15) is 5.84 Å². The van der Waals surface area contributed by atoms with Gasteiger partial charge in [0.2, 0.25) is 0 Å². The Hall–Kier alpha value is -1.26. The minimum absolute atomic E-state index is 0.0970. The first-order valence-electron chi connectivity index (χ1n) is 5.90. The van der Waals surface area contributed by atoms with Crippen LogP contribution in [0.2, 0.25) is 0 Å². The zero-order valence-electron chi connectivity index (χ0n) is 10.6. The van der Waals surface area contributed by atoms with Gasteiger partial charge >= 0.3 is 0 Å². The molecule has 0 heterocycles. The van der Waals surface area contributed by atoms with Crippen molar-refractivity contribution >= 4 is 33.5 Å². The summed E-state index contributed by atoms with van der Waals surface area (Å²) in [5.41, 5.74) is 9.03. The fourth-order valence-electron chi connectivity index (χ4n) is 1.81. The minimum atomic E-state index is 0.0970. The van der Waals surface area contributed by atoms with Crippen LogP contribution < -0.4 is 5.73 Å². The van der Waals surface area contributed by atoms with Crippen molar-refractivity contribution in [3.05, 3.63) is 63.6 Å². The van der Waals surface area contributed by atoms with Gasteiger partial charge in [-0.25, -0.2) is 0 Å². The standard InChI is InChI=1S/C15H15BrN2S/c1-10-5-2-3-6-11(10)9-19-13-8-4-7-12(16)14(13)15(17)18/h2-8H,9H2,1H3,(H3,17,18). The Morgan fingerprint density at radius 2 is 1.95 bits per heavy atom. The molecule has 0 aliphatic rings. The molecule has 0 aromatic heterocycles. The Morgan fingerprint density at radius 3 is 2.63 bits per heavy atom. The quantitative estimate of drug-likeness (QED) is 0.496. The van der Waals surface area contributed by atoms with Gasteiger partial charge in [-0.15, -0.1) is 11.8 Å². The van der Waals surface area contributed by atoms with Crippen LogP contribution in [0.25, 0.3) is 0 Å². The van der Waals surface area contributed by atoms with Crippen LogP contribution in [0.3, 0.4) is 0 Å². The molecular weight excluding hydrogens is 320 g/mol. The summed E-state index contributed by atoms with van der Waals surface area (Å²) in [5.74, 6) is 0.975. The fraction of sp³-hybridized carbons (Fsp3) is 0.133. The Morgan fingerprint density at radius 1 is 1.21 bits per heavy atom. The van der Waals surface area contributed by atoms with E-state index in [0.29, 0.717) is 0 Å². The smallest absolute Gasteiger partial charge is 0.125 e. The molecule has 2 nitrogen and oxygen atoms in total. The van der Waals surface area contributed by atoms with Crippen LogP contribution >= 0.6 is 27.7 Å². The third-order valence-electron chi connectivity index (χ3n) is 2.89. The molecule has 2 aromatic rings. The van der Waals surface area contributed by atoms with E-state index >= 15 is 0 Å². The van der Waals surface area contributed by atoms with E-state index in [0.717, 1.165) is 20.7 Å². The molecule has 0 aliphatic carbocycles. The molecule has 0 aliphatic heterocycles. The first-order valence-corrected chi connectivity index (χ1v) is 7.67. The molecule has 0 unspecified atom stereocenters. The molecule has 0 radical (unpaired) electrons. The lowest BCUT2D eigenvalue weighted by molar-refractivity contribution is 1.28. The molecule has 0 spiro atoms. The summed E-state index contributed by atoms with van der Waals surface area (Å²) in [6.07, 6.45) is 0. The van der Waals surface area contributed by atoms with Gasteiger partial charge in [-0.1, -0.05) is 30.3 Å². The van der Waals surface area contributed by atoms with Gasteiger partial charge in [-0.3, -0.25) is 5.41 Å². The lowest BCUT2D eigenvalue weighted by Crippen LogP contribution is -2.13. The Bertz CT molecular complexity index is 611. The van der Waals surface area contributed by atoms with E-state index in [1.54, 1.807) is 11.8 Å². The summed E-state index contributed by atoms with van der Waals surface area (Å²) in [7, 11) is 0. The predicted octanol–water partition coefficient (Wildman–Crippen LogP) is 4.33. The van der Waals surface area contributed by atoms with E-state index in [-0.39, 0.29) is 5.84 Å². The molecule has 0 saturated carbocycles. The molecule has 0 fully saturated rings. The molecule has 19 heavy (non-hydrogen) atoms. The number of amidine groups is 1. The third-order valence-corrected chi connectivity index (χ3v) is 4.66. The number of hydrogen-bond donors (Lipinski definition) is 2. The minimum Gasteiger partial charge on any atom is -0.384 e. The molecule has 0 amide bonds. The second kappa shape index (κ2) is 6.26. The maximum atomic E-state index is 7.68. The number of benzene rings is 2. The highest BCUT2D eigenvalue weighted by Crippen LogP contribution is 2.31. The molecule has 2 rings (SSSR count). The number of thioether (sulfide) groups is 1. The molecule has 0 atom stereocenters. The van der Waals surface area contributed by atoms with Crippen molar-refractivity contribution in [2.24, 2.45) is 5.73 Å². The summed E-state index contributed by atoms with van der Waals surface area (Å²) < 4.78 is 0.870. The van der Waals surface area contributed by atoms with E-state index < -0.39 is 0 Å². The first kappa shape index (κ1) is 14.2. The summed E-state index contributed by atoms with van der Waals surface area (Å²) in [4.78, 5) is 1.03. The second-order valence-electron chi connectivity index (χ2n) is 4.24. The second-order valence-corrected chi connectivity index (χ2v) is 6.11. The van der Waals surface area contributed by atoms with Crippen LogP contribution in [0.5, 0.6) is 0 Å². The SMILES string of the molecule is Cc1ccccc1CSc1cccc(Br)c1C(=N)N. The van der Waals surface area contributed by atoms with Crippen molar-refractivity contribution < 1.29 is 0 Å². The zero-order valence-corrected chi connectivity index (χ0v) is 13.0. The topological polar surface area (TPSA) is 49.9 Å². The van der Waals surface area contributed by atoms with E-state index in [1.807, 2.05) is 24.3 Å². The highest BCUT2D eigenvalue weighted by Gasteiger charge is 2.10. The van der Waals surface area contributed by atoms with Gasteiger partial charge in [0.05, 0.1) is 0 Å². The summed E-state index contributed by atoms with van der Waals surface area (Å²) in [6, 6.07) is 14.2. The number of nitrogen functional groups attached to an aromatic ring is 1. The number of nitrogens with two attached hydrogens (primary N) is 1. The van der Waals surface area contributed by atoms with Crippen molar-refractivity contribution in [2.45, 2.75) is 17.6 Å². The predicted molar refractivity (Wildman–Crippen MR) is 85.9 cm³/mol. The number of rotatable bonds is 4. The Kier molecular flexibility index (Phi) is 4.66. The number of nitrogens with one attached hydrogen (secondary N) is 1. The van der Waals surface area contributed by atoms with E-state index in [1.165, 1.54) is 11.1 Å². The van der Waals surface area contributed by atoms with Crippen molar-refractivity contribution in [3.8, 4) is 0 Å². The van der Waals surface area contributed by atoms with E-state index in [9.17, 15) is 0 Å². The largest absolute Gasteiger partial charge is 0.384 e. The lowest BCUT2D eigenvalue weighted by Gasteiger charge is -2.11. The van der Waals surface area contributed by atoms with Crippen molar-refractivity contribution in [1.29, 1.82) is 5.41 Å². The van der Waals surface area contributed by atoms with Crippen LogP contribution in [0.15, 0.2) is 51.8 Å². The summed E-state index contributed by atoms with van der Waals surface area (Å²) in [6.45, 7) is 2.11. The van der Waals surface area contributed by atoms with E-state index in [4.69, 9.17) is 11.1 Å². The summed E-state index contributed by atoms with van der Waals surface area (Å²) >= 11 is 5.16. The number of aryl methyl sites for hydroxylation is 1. The molecule has 0 saturated heterocycles. The van der Waals surface area contributed by atoms with E-state index in [2.05, 4.69) is 41.1 Å². The van der Waals surface area contributed by atoms with Crippen molar-refractivity contribution in [2.75, 3.05) is 0 Å². The first-order chi connectivity index (χ1) is 9.09. The molecule has 3 N–H and O–H groups in total. The average molecular weight is 335 g/mol. The maximum absolute atomic E-state index is 7.68.